The van der Waals surface area contributed by atoms with Gasteiger partial charge in [0.15, 0.2) is 5.13 Å². The van der Waals surface area contributed by atoms with Gasteiger partial charge in [0.05, 0.1) is 10.0 Å². The number of nitrogens with two attached hydrogens (primary N) is 1. The maximum atomic E-state index is 12.4. The summed E-state index contributed by atoms with van der Waals surface area (Å²) in [5.74, 6) is 0.0531. The molecule has 2 heterocycles. The third-order valence-electron chi connectivity index (χ3n) is 4.10. The number of aromatic nitrogens is 1. The summed E-state index contributed by atoms with van der Waals surface area (Å²) in [6.07, 6.45) is 3.49. The van der Waals surface area contributed by atoms with Crippen molar-refractivity contribution in [1.82, 2.24) is 9.88 Å². The molecule has 3 N–H and O–H groups in total. The van der Waals surface area contributed by atoms with E-state index in [1.165, 1.54) is 11.3 Å². The molecule has 1 aliphatic heterocycles. The second-order valence-electron chi connectivity index (χ2n) is 5.83. The van der Waals surface area contributed by atoms with Gasteiger partial charge >= 0.3 is 0 Å². The van der Waals surface area contributed by atoms with Gasteiger partial charge in [-0.1, -0.05) is 23.2 Å². The van der Waals surface area contributed by atoms with Crippen LogP contribution in [0.3, 0.4) is 0 Å². The summed E-state index contributed by atoms with van der Waals surface area (Å²) in [5, 5.41) is 4.44. The first-order valence-electron chi connectivity index (χ1n) is 7.69. The molecule has 0 spiro atoms. The molecule has 1 aromatic carbocycles. The third kappa shape index (κ3) is 5.46. The number of amides is 1. The monoisotopic (exact) mass is 420 g/mol. The topological polar surface area (TPSA) is 71.2 Å². The minimum Gasteiger partial charge on any atom is -0.375 e. The first kappa shape index (κ1) is 20.3. The lowest BCUT2D eigenvalue weighted by Gasteiger charge is -2.30. The molecule has 1 amide bonds. The van der Waals surface area contributed by atoms with Gasteiger partial charge in [-0.05, 0) is 44.1 Å². The Morgan fingerprint density at radius 2 is 2.04 bits per heavy atom. The fraction of sp³-hybridized carbons (Fsp3) is 0.375. The predicted molar refractivity (Wildman–Crippen MR) is 107 cm³/mol. The number of piperidine rings is 1. The maximum absolute atomic E-state index is 12.4. The highest BCUT2D eigenvalue weighted by molar-refractivity contribution is 7.15. The average molecular weight is 422 g/mol. The minimum atomic E-state index is 0. The van der Waals surface area contributed by atoms with Gasteiger partial charge in [0, 0.05) is 29.2 Å². The minimum absolute atomic E-state index is 0. The maximum Gasteiger partial charge on any atom is 0.227 e. The molecule has 0 atom stereocenters. The van der Waals surface area contributed by atoms with E-state index in [9.17, 15) is 4.79 Å². The number of rotatable bonds is 4. The van der Waals surface area contributed by atoms with Crippen molar-refractivity contribution in [3.63, 3.8) is 0 Å². The molecule has 5 nitrogen and oxygen atoms in total. The number of likely N-dealkylation sites (tertiary alicyclic amines) is 1. The van der Waals surface area contributed by atoms with Crippen LogP contribution >= 0.6 is 46.9 Å². The number of anilines is 2. The number of nitrogens with zero attached hydrogens (tertiary/aromatic N) is 2. The van der Waals surface area contributed by atoms with Crippen LogP contribution in [-0.4, -0.2) is 28.9 Å². The molecule has 9 heteroatoms. The van der Waals surface area contributed by atoms with Crippen molar-refractivity contribution in [3.8, 4) is 0 Å². The second kappa shape index (κ2) is 9.05. The van der Waals surface area contributed by atoms with E-state index in [0.717, 1.165) is 37.4 Å². The Balaban J connectivity index is 0.00000225. The van der Waals surface area contributed by atoms with E-state index >= 15 is 0 Å². The lowest BCUT2D eigenvalue weighted by molar-refractivity contribution is -0.121. The first-order valence-corrected chi connectivity index (χ1v) is 9.27. The van der Waals surface area contributed by atoms with Gasteiger partial charge in [0.2, 0.25) is 5.91 Å². The standard InChI is InChI=1S/C16H18Cl2N4OS.ClH/c17-13-2-1-11(7-14(13)18)21-15(23)10-3-5-22(6-4-10)9-12-8-20-16(19)24-12;/h1-2,7-8,10H,3-6,9H2,(H2,19,20)(H,21,23);1H. The van der Waals surface area contributed by atoms with Crippen LogP contribution in [0.4, 0.5) is 10.8 Å². The van der Waals surface area contributed by atoms with Crippen LogP contribution in [0.2, 0.25) is 10.0 Å². The van der Waals surface area contributed by atoms with Gasteiger partial charge in [0.1, 0.15) is 0 Å². The number of nitrogen functional groups attached to an aromatic ring is 1. The quantitative estimate of drug-likeness (QED) is 0.772. The zero-order valence-corrected chi connectivity index (χ0v) is 16.5. The van der Waals surface area contributed by atoms with Crippen molar-refractivity contribution < 1.29 is 4.79 Å². The largest absolute Gasteiger partial charge is 0.375 e. The van der Waals surface area contributed by atoms with Gasteiger partial charge in [-0.25, -0.2) is 4.98 Å². The number of halogens is 3. The van der Waals surface area contributed by atoms with E-state index in [1.54, 1.807) is 18.2 Å². The van der Waals surface area contributed by atoms with Gasteiger partial charge < -0.3 is 11.1 Å². The van der Waals surface area contributed by atoms with Crippen molar-refractivity contribution in [1.29, 1.82) is 0 Å². The van der Waals surface area contributed by atoms with E-state index in [-0.39, 0.29) is 24.2 Å². The van der Waals surface area contributed by atoms with Gasteiger partial charge in [0.25, 0.3) is 0 Å². The lowest BCUT2D eigenvalue weighted by atomic mass is 9.96. The molecule has 0 bridgehead atoms. The molecule has 1 fully saturated rings. The molecule has 1 aromatic heterocycles. The highest BCUT2D eigenvalue weighted by Gasteiger charge is 2.25. The zero-order valence-electron chi connectivity index (χ0n) is 13.4. The molecular formula is C16H19Cl3N4OS. The Bertz CT molecular complexity index is 732. The number of hydrogen-bond donors (Lipinski definition) is 2. The molecular weight excluding hydrogens is 403 g/mol. The van der Waals surface area contributed by atoms with Gasteiger partial charge in [-0.2, -0.15) is 0 Å². The summed E-state index contributed by atoms with van der Waals surface area (Å²) in [6, 6.07) is 5.11. The predicted octanol–water partition coefficient (Wildman–Crippen LogP) is 4.30. The summed E-state index contributed by atoms with van der Waals surface area (Å²) in [7, 11) is 0. The van der Waals surface area contributed by atoms with E-state index in [4.69, 9.17) is 28.9 Å². The molecule has 0 radical (unpaired) electrons. The summed E-state index contributed by atoms with van der Waals surface area (Å²) >= 11 is 13.4. The van der Waals surface area contributed by atoms with Crippen molar-refractivity contribution in [2.24, 2.45) is 5.92 Å². The Morgan fingerprint density at radius 3 is 2.64 bits per heavy atom. The van der Waals surface area contributed by atoms with Crippen LogP contribution in [0, 0.1) is 5.92 Å². The van der Waals surface area contributed by atoms with Crippen molar-refractivity contribution in [2.75, 3.05) is 24.1 Å². The normalized spacial score (nSPS) is 15.6. The van der Waals surface area contributed by atoms with E-state index in [0.29, 0.717) is 20.9 Å². The summed E-state index contributed by atoms with van der Waals surface area (Å²) < 4.78 is 0. The van der Waals surface area contributed by atoms with Crippen LogP contribution in [0.5, 0.6) is 0 Å². The van der Waals surface area contributed by atoms with E-state index in [1.807, 2.05) is 6.20 Å². The lowest BCUT2D eigenvalue weighted by Crippen LogP contribution is -2.37. The number of carbonyl (C=O) groups is 1. The van der Waals surface area contributed by atoms with Crippen molar-refractivity contribution in [3.05, 3.63) is 39.3 Å². The molecule has 0 aliphatic carbocycles. The molecule has 0 unspecified atom stereocenters. The Hall–Kier alpha value is -1.05. The second-order valence-corrected chi connectivity index (χ2v) is 7.79. The number of benzene rings is 1. The Morgan fingerprint density at radius 1 is 1.32 bits per heavy atom. The number of thiazole rings is 1. The van der Waals surface area contributed by atoms with Crippen LogP contribution in [0.1, 0.15) is 17.7 Å². The highest BCUT2D eigenvalue weighted by atomic mass is 35.5. The average Bonchev–Trinajstić information content (AvgIpc) is 2.96. The van der Waals surface area contributed by atoms with Gasteiger partial charge in [-0.15, -0.1) is 23.7 Å². The summed E-state index contributed by atoms with van der Waals surface area (Å²) in [6.45, 7) is 2.62. The number of hydrogen-bond acceptors (Lipinski definition) is 5. The van der Waals surface area contributed by atoms with Crippen molar-refractivity contribution >= 4 is 63.7 Å². The Kier molecular flexibility index (Phi) is 7.34. The third-order valence-corrected chi connectivity index (χ3v) is 5.65. The number of nitrogens with one attached hydrogen (secondary N) is 1. The molecule has 0 saturated carbocycles. The van der Waals surface area contributed by atoms with Gasteiger partial charge in [-0.3, -0.25) is 9.69 Å². The fourth-order valence-electron chi connectivity index (χ4n) is 2.79. The van der Waals surface area contributed by atoms with Crippen LogP contribution < -0.4 is 11.1 Å². The summed E-state index contributed by atoms with van der Waals surface area (Å²) in [5.41, 5.74) is 6.33. The molecule has 1 aliphatic rings. The molecule has 2 aromatic rings. The van der Waals surface area contributed by atoms with Crippen LogP contribution in [0.25, 0.3) is 0 Å². The van der Waals surface area contributed by atoms with Crippen LogP contribution in [0.15, 0.2) is 24.4 Å². The summed E-state index contributed by atoms with van der Waals surface area (Å²) in [4.78, 5) is 20.0. The van der Waals surface area contributed by atoms with Crippen LogP contribution in [-0.2, 0) is 11.3 Å². The molecule has 136 valence electrons. The SMILES string of the molecule is Cl.Nc1ncc(CN2CCC(C(=O)Nc3ccc(Cl)c(Cl)c3)CC2)s1. The molecule has 1 saturated heterocycles. The Labute approximate surface area is 166 Å². The smallest absolute Gasteiger partial charge is 0.227 e. The highest BCUT2D eigenvalue weighted by Crippen LogP contribution is 2.27. The zero-order chi connectivity index (χ0) is 17.1. The fourth-order valence-corrected chi connectivity index (χ4v) is 3.81. The molecule has 25 heavy (non-hydrogen) atoms. The van der Waals surface area contributed by atoms with E-state index < -0.39 is 0 Å². The molecule has 3 rings (SSSR count). The van der Waals surface area contributed by atoms with Crippen molar-refractivity contribution in [2.45, 2.75) is 19.4 Å². The number of carbonyl (C=O) groups excluding carboxylic acids is 1. The first-order chi connectivity index (χ1) is 11.5. The van der Waals surface area contributed by atoms with E-state index in [2.05, 4.69) is 15.2 Å².